The van der Waals surface area contributed by atoms with Gasteiger partial charge in [-0.2, -0.15) is 13.2 Å². The normalized spacial score (nSPS) is 12.7. The van der Waals surface area contributed by atoms with E-state index in [2.05, 4.69) is 34.8 Å². The molecule has 0 spiro atoms. The van der Waals surface area contributed by atoms with Gasteiger partial charge in [-0.1, -0.05) is 42.6 Å². The van der Waals surface area contributed by atoms with Crippen LogP contribution < -0.4 is 0 Å². The van der Waals surface area contributed by atoms with Crippen molar-refractivity contribution in [1.82, 2.24) is 4.98 Å². The fourth-order valence-electron chi connectivity index (χ4n) is 2.36. The fourth-order valence-corrected chi connectivity index (χ4v) is 4.52. The molecule has 1 aromatic rings. The molecule has 0 amide bonds. The van der Waals surface area contributed by atoms with E-state index in [0.29, 0.717) is 5.03 Å². The lowest BCUT2D eigenvalue weighted by atomic mass is 9.83. The van der Waals surface area contributed by atoms with Crippen molar-refractivity contribution >= 4 is 27.7 Å². The van der Waals surface area contributed by atoms with E-state index in [4.69, 9.17) is 0 Å². The van der Waals surface area contributed by atoms with Gasteiger partial charge in [-0.3, -0.25) is 0 Å². The van der Waals surface area contributed by atoms with E-state index in [1.807, 2.05) is 0 Å². The Morgan fingerprint density at radius 1 is 1.14 bits per heavy atom. The molecule has 1 aromatic heterocycles. The van der Waals surface area contributed by atoms with Crippen LogP contribution in [0.25, 0.3) is 0 Å². The quantitative estimate of drug-likeness (QED) is 0.392. The van der Waals surface area contributed by atoms with Crippen molar-refractivity contribution in [2.75, 3.05) is 11.1 Å². The van der Waals surface area contributed by atoms with Gasteiger partial charge in [0.1, 0.15) is 0 Å². The predicted octanol–water partition coefficient (Wildman–Crippen LogP) is 6.17. The van der Waals surface area contributed by atoms with E-state index in [-0.39, 0.29) is 5.41 Å². The molecule has 1 rings (SSSR count). The van der Waals surface area contributed by atoms with Crippen LogP contribution in [0, 0.1) is 5.41 Å². The van der Waals surface area contributed by atoms with Gasteiger partial charge in [-0.05, 0) is 30.4 Å². The third-order valence-corrected chi connectivity index (χ3v) is 5.92. The number of halogens is 4. The smallest absolute Gasteiger partial charge is 0.249 e. The first-order chi connectivity index (χ1) is 9.87. The monoisotopic (exact) mass is 383 g/mol. The van der Waals surface area contributed by atoms with Gasteiger partial charge in [0.15, 0.2) is 0 Å². The van der Waals surface area contributed by atoms with Gasteiger partial charge in [0.25, 0.3) is 0 Å². The third-order valence-electron chi connectivity index (χ3n) is 3.43. The Bertz CT molecular complexity index is 414. The number of alkyl halides is 4. The van der Waals surface area contributed by atoms with Crippen LogP contribution in [0.4, 0.5) is 13.2 Å². The van der Waals surface area contributed by atoms with E-state index in [1.165, 1.54) is 6.07 Å². The first kappa shape index (κ1) is 18.8. The minimum atomic E-state index is -4.32. The summed E-state index contributed by atoms with van der Waals surface area (Å²) in [5.41, 5.74) is -0.501. The summed E-state index contributed by atoms with van der Waals surface area (Å²) in [7, 11) is 0. The molecule has 0 fully saturated rings. The van der Waals surface area contributed by atoms with Crippen LogP contribution in [-0.2, 0) is 6.18 Å². The van der Waals surface area contributed by atoms with Gasteiger partial charge in [-0.15, -0.1) is 11.8 Å². The highest BCUT2D eigenvalue weighted by molar-refractivity contribution is 9.09. The van der Waals surface area contributed by atoms with Gasteiger partial charge in [0, 0.05) is 17.3 Å². The highest BCUT2D eigenvalue weighted by atomic mass is 79.9. The molecule has 0 aliphatic rings. The predicted molar refractivity (Wildman–Crippen MR) is 86.0 cm³/mol. The summed E-state index contributed by atoms with van der Waals surface area (Å²) in [5, 5.41) is 1.57. The first-order valence-electron chi connectivity index (χ1n) is 7.09. The van der Waals surface area contributed by atoms with E-state index in [0.717, 1.165) is 49.0 Å². The lowest BCUT2D eigenvalue weighted by Gasteiger charge is -2.31. The largest absolute Gasteiger partial charge is 0.417 e. The Morgan fingerprint density at radius 3 is 2.14 bits per heavy atom. The molecule has 120 valence electrons. The van der Waals surface area contributed by atoms with Crippen LogP contribution in [0.3, 0.4) is 0 Å². The maximum atomic E-state index is 12.5. The molecule has 0 unspecified atom stereocenters. The van der Waals surface area contributed by atoms with Crippen molar-refractivity contribution in [1.29, 1.82) is 0 Å². The summed E-state index contributed by atoms with van der Waals surface area (Å²) in [6.07, 6.45) is 1.02. The van der Waals surface area contributed by atoms with Crippen LogP contribution in [-0.4, -0.2) is 16.1 Å². The van der Waals surface area contributed by atoms with Crippen molar-refractivity contribution in [3.8, 4) is 0 Å². The number of rotatable bonds is 8. The van der Waals surface area contributed by atoms with Gasteiger partial charge in [0.05, 0.1) is 10.6 Å². The average Bonchev–Trinajstić information content (AvgIpc) is 2.45. The zero-order chi connectivity index (χ0) is 15.9. The number of nitrogens with zero attached hydrogens (tertiary/aromatic N) is 1. The van der Waals surface area contributed by atoms with Crippen molar-refractivity contribution in [2.45, 2.75) is 50.7 Å². The lowest BCUT2D eigenvalue weighted by Crippen LogP contribution is -2.25. The highest BCUT2D eigenvalue weighted by Gasteiger charge is 2.31. The molecule has 1 nitrogen and oxygen atoms in total. The maximum absolute atomic E-state index is 12.5. The standard InChI is InChI=1S/C15H21BrF3NS/c1-3-7-14(10-16,8-4-2)11-21-13-6-5-12(9-20-13)15(17,18)19/h5-6,9H,3-4,7-8,10-11H2,1-2H3. The van der Waals surface area contributed by atoms with Gasteiger partial charge < -0.3 is 0 Å². The topological polar surface area (TPSA) is 12.9 Å². The van der Waals surface area contributed by atoms with Crippen molar-refractivity contribution in [3.63, 3.8) is 0 Å². The SMILES string of the molecule is CCCC(CBr)(CCC)CSc1ccc(C(F)(F)F)cn1. The molecule has 0 aliphatic carbocycles. The molecule has 6 heteroatoms. The maximum Gasteiger partial charge on any atom is 0.417 e. The van der Waals surface area contributed by atoms with Crippen molar-refractivity contribution in [2.24, 2.45) is 5.41 Å². The van der Waals surface area contributed by atoms with Crippen LogP contribution in [0.5, 0.6) is 0 Å². The Morgan fingerprint density at radius 2 is 1.76 bits per heavy atom. The molecule has 0 radical (unpaired) electrons. The molecular formula is C15H21BrF3NS. The second kappa shape index (κ2) is 8.42. The van der Waals surface area contributed by atoms with E-state index in [9.17, 15) is 13.2 Å². The van der Waals surface area contributed by atoms with Gasteiger partial charge in [0.2, 0.25) is 0 Å². The molecule has 0 saturated heterocycles. The molecule has 21 heavy (non-hydrogen) atoms. The first-order valence-corrected chi connectivity index (χ1v) is 9.19. The summed E-state index contributed by atoms with van der Waals surface area (Å²) < 4.78 is 37.5. The van der Waals surface area contributed by atoms with E-state index >= 15 is 0 Å². The molecular weight excluding hydrogens is 363 g/mol. The number of hydrogen-bond donors (Lipinski definition) is 0. The van der Waals surface area contributed by atoms with Crippen LogP contribution in [0.2, 0.25) is 0 Å². The number of thioether (sulfide) groups is 1. The van der Waals surface area contributed by atoms with Gasteiger partial charge >= 0.3 is 6.18 Å². The van der Waals surface area contributed by atoms with E-state index in [1.54, 1.807) is 11.8 Å². The zero-order valence-electron chi connectivity index (χ0n) is 12.3. The molecule has 0 N–H and O–H groups in total. The van der Waals surface area contributed by atoms with Crippen molar-refractivity contribution < 1.29 is 13.2 Å². The molecule has 0 aliphatic heterocycles. The molecule has 0 aromatic carbocycles. The summed E-state index contributed by atoms with van der Waals surface area (Å²) in [4.78, 5) is 3.93. The number of aromatic nitrogens is 1. The molecule has 0 bridgehead atoms. The summed E-state index contributed by atoms with van der Waals surface area (Å²) in [6, 6.07) is 2.56. The van der Waals surface area contributed by atoms with Crippen molar-refractivity contribution in [3.05, 3.63) is 23.9 Å². The van der Waals surface area contributed by atoms with Crippen LogP contribution in [0.15, 0.2) is 23.4 Å². The zero-order valence-corrected chi connectivity index (χ0v) is 14.7. The molecule has 1 heterocycles. The van der Waals surface area contributed by atoms with Gasteiger partial charge in [-0.25, -0.2) is 4.98 Å². The summed E-state index contributed by atoms with van der Waals surface area (Å²) >= 11 is 5.15. The lowest BCUT2D eigenvalue weighted by molar-refractivity contribution is -0.137. The Kier molecular flexibility index (Phi) is 7.54. The minimum absolute atomic E-state index is 0.193. The Labute approximate surface area is 137 Å². The Hall–Kier alpha value is -0.230. The molecule has 0 saturated carbocycles. The molecule has 0 atom stereocenters. The summed E-state index contributed by atoms with van der Waals surface area (Å²) in [6.45, 7) is 4.32. The second-order valence-corrected chi connectivity index (χ2v) is 6.86. The third kappa shape index (κ3) is 5.81. The summed E-state index contributed by atoms with van der Waals surface area (Å²) in [5.74, 6) is 0.873. The average molecular weight is 384 g/mol. The minimum Gasteiger partial charge on any atom is -0.249 e. The number of hydrogen-bond acceptors (Lipinski definition) is 2. The Balaban J connectivity index is 2.71. The van der Waals surface area contributed by atoms with Crippen LogP contribution >= 0.6 is 27.7 Å². The van der Waals surface area contributed by atoms with Crippen LogP contribution in [0.1, 0.15) is 45.1 Å². The highest BCUT2D eigenvalue weighted by Crippen LogP contribution is 2.38. The van der Waals surface area contributed by atoms with E-state index < -0.39 is 11.7 Å². The fraction of sp³-hybridized carbons (Fsp3) is 0.667. The second-order valence-electron chi connectivity index (χ2n) is 5.31. The number of pyridine rings is 1.